The van der Waals surface area contributed by atoms with Gasteiger partial charge >= 0.3 is 0 Å². The van der Waals surface area contributed by atoms with Crippen molar-refractivity contribution in [3.8, 4) is 0 Å². The highest BCUT2D eigenvalue weighted by Gasteiger charge is 2.10. The Morgan fingerprint density at radius 1 is 1.50 bits per heavy atom. The van der Waals surface area contributed by atoms with Crippen molar-refractivity contribution in [3.63, 3.8) is 0 Å². The number of ether oxygens (including phenoxy) is 1. The quantitative estimate of drug-likeness (QED) is 0.645. The summed E-state index contributed by atoms with van der Waals surface area (Å²) in [5.74, 6) is -0.108. The van der Waals surface area contributed by atoms with Gasteiger partial charge in [0.2, 0.25) is 5.91 Å². The topological polar surface area (TPSA) is 51.2 Å². The number of amides is 1. The zero-order valence-electron chi connectivity index (χ0n) is 10.4. The average Bonchev–Trinajstić information content (AvgIpc) is 2.29. The molecule has 1 amide bonds. The van der Waals surface area contributed by atoms with Crippen LogP contribution in [0.4, 0.5) is 5.69 Å². The molecule has 1 heterocycles. The van der Waals surface area contributed by atoms with Gasteiger partial charge in [0.05, 0.1) is 5.69 Å². The van der Waals surface area contributed by atoms with Gasteiger partial charge in [0.1, 0.15) is 5.15 Å². The summed E-state index contributed by atoms with van der Waals surface area (Å²) in [6.45, 7) is 4.97. The Hall–Kier alpha value is -0.840. The van der Waals surface area contributed by atoms with Gasteiger partial charge < -0.3 is 10.1 Å². The molecule has 0 spiro atoms. The summed E-state index contributed by atoms with van der Waals surface area (Å²) in [6.07, 6.45) is 1.07. The van der Waals surface area contributed by atoms with Crippen LogP contribution in [-0.2, 0) is 9.53 Å². The number of aryl methyl sites for hydroxylation is 1. The largest absolute Gasteiger partial charge is 0.382 e. The SMILES string of the molecule is CCOCCCC(=O)Nc1c(C)cc(Cl)nc1Cl. The first kappa shape index (κ1) is 15.2. The number of pyridine rings is 1. The number of hydrogen-bond donors (Lipinski definition) is 1. The summed E-state index contributed by atoms with van der Waals surface area (Å²) in [5.41, 5.74) is 1.31. The minimum atomic E-state index is -0.108. The van der Waals surface area contributed by atoms with Crippen molar-refractivity contribution in [2.24, 2.45) is 0 Å². The molecule has 1 rings (SSSR count). The first-order chi connectivity index (χ1) is 8.54. The third-order valence-corrected chi connectivity index (χ3v) is 2.77. The Morgan fingerprint density at radius 2 is 2.22 bits per heavy atom. The van der Waals surface area contributed by atoms with Crippen molar-refractivity contribution in [2.75, 3.05) is 18.5 Å². The average molecular weight is 291 g/mol. The maximum atomic E-state index is 11.7. The van der Waals surface area contributed by atoms with Gasteiger partial charge in [0, 0.05) is 19.6 Å². The molecule has 18 heavy (non-hydrogen) atoms. The Morgan fingerprint density at radius 3 is 2.83 bits per heavy atom. The Labute approximate surface area is 117 Å². The van der Waals surface area contributed by atoms with E-state index in [9.17, 15) is 4.79 Å². The van der Waals surface area contributed by atoms with Gasteiger partial charge in [-0.05, 0) is 31.9 Å². The van der Waals surface area contributed by atoms with Crippen LogP contribution < -0.4 is 5.32 Å². The van der Waals surface area contributed by atoms with E-state index in [-0.39, 0.29) is 11.1 Å². The van der Waals surface area contributed by atoms with Gasteiger partial charge in [0.25, 0.3) is 0 Å². The molecule has 0 saturated carbocycles. The predicted molar refractivity (Wildman–Crippen MR) is 73.4 cm³/mol. The molecule has 1 aromatic rings. The van der Waals surface area contributed by atoms with Gasteiger partial charge in [-0.3, -0.25) is 4.79 Å². The molecule has 100 valence electrons. The lowest BCUT2D eigenvalue weighted by atomic mass is 10.2. The van der Waals surface area contributed by atoms with Crippen molar-refractivity contribution in [3.05, 3.63) is 21.9 Å². The molecule has 0 aromatic carbocycles. The number of carbonyl (C=O) groups is 1. The minimum Gasteiger partial charge on any atom is -0.382 e. The first-order valence-corrected chi connectivity index (χ1v) is 6.50. The van der Waals surface area contributed by atoms with Gasteiger partial charge in [-0.25, -0.2) is 4.98 Å². The number of carbonyl (C=O) groups excluding carboxylic acids is 1. The van der Waals surface area contributed by atoms with Crippen LogP contribution in [-0.4, -0.2) is 24.1 Å². The highest BCUT2D eigenvalue weighted by Crippen LogP contribution is 2.26. The third kappa shape index (κ3) is 4.80. The van der Waals surface area contributed by atoms with Crippen molar-refractivity contribution in [1.82, 2.24) is 4.98 Å². The summed E-state index contributed by atoms with van der Waals surface area (Å²) < 4.78 is 5.16. The first-order valence-electron chi connectivity index (χ1n) is 5.74. The van der Waals surface area contributed by atoms with E-state index in [0.717, 1.165) is 5.56 Å². The lowest BCUT2D eigenvalue weighted by molar-refractivity contribution is -0.116. The molecule has 0 unspecified atom stereocenters. The number of nitrogens with one attached hydrogen (secondary N) is 1. The Balaban J connectivity index is 2.54. The van der Waals surface area contributed by atoms with Crippen molar-refractivity contribution < 1.29 is 9.53 Å². The second-order valence-corrected chi connectivity index (χ2v) is 4.52. The van der Waals surface area contributed by atoms with E-state index < -0.39 is 0 Å². The second-order valence-electron chi connectivity index (χ2n) is 3.78. The van der Waals surface area contributed by atoms with E-state index in [1.54, 1.807) is 6.07 Å². The second kappa shape index (κ2) is 7.56. The zero-order valence-corrected chi connectivity index (χ0v) is 11.9. The molecule has 6 heteroatoms. The smallest absolute Gasteiger partial charge is 0.224 e. The molecule has 0 aliphatic heterocycles. The fourth-order valence-electron chi connectivity index (χ4n) is 1.43. The van der Waals surface area contributed by atoms with Crippen LogP contribution in [0.5, 0.6) is 0 Å². The van der Waals surface area contributed by atoms with Crippen LogP contribution in [0.1, 0.15) is 25.3 Å². The van der Waals surface area contributed by atoms with Gasteiger partial charge in [-0.1, -0.05) is 23.2 Å². The number of halogens is 2. The summed E-state index contributed by atoms with van der Waals surface area (Å²) in [6, 6.07) is 1.66. The highest BCUT2D eigenvalue weighted by atomic mass is 35.5. The van der Waals surface area contributed by atoms with Crippen LogP contribution in [0.2, 0.25) is 10.3 Å². The van der Waals surface area contributed by atoms with Gasteiger partial charge in [-0.2, -0.15) is 0 Å². The molecule has 4 nitrogen and oxygen atoms in total. The highest BCUT2D eigenvalue weighted by molar-refractivity contribution is 6.34. The van der Waals surface area contributed by atoms with Crippen LogP contribution in [0.3, 0.4) is 0 Å². The fourth-order valence-corrected chi connectivity index (χ4v) is 2.01. The van der Waals surface area contributed by atoms with Gasteiger partial charge in [-0.15, -0.1) is 0 Å². The summed E-state index contributed by atoms with van der Waals surface area (Å²) in [4.78, 5) is 15.6. The molecule has 0 fully saturated rings. The molecule has 0 radical (unpaired) electrons. The minimum absolute atomic E-state index is 0.108. The normalized spacial score (nSPS) is 10.4. The van der Waals surface area contributed by atoms with E-state index in [1.165, 1.54) is 0 Å². The monoisotopic (exact) mass is 290 g/mol. The number of aromatic nitrogens is 1. The molecule has 1 aromatic heterocycles. The van der Waals surface area contributed by atoms with Crippen molar-refractivity contribution in [1.29, 1.82) is 0 Å². The Bertz CT molecular complexity index is 402. The third-order valence-electron chi connectivity index (χ3n) is 2.30. The maximum absolute atomic E-state index is 11.7. The fraction of sp³-hybridized carbons (Fsp3) is 0.500. The standard InChI is InChI=1S/C12H16Cl2N2O2/c1-3-18-6-4-5-10(17)16-11-8(2)7-9(13)15-12(11)14/h7H,3-6H2,1-2H3,(H,16,17). The maximum Gasteiger partial charge on any atom is 0.224 e. The van der Waals surface area contributed by atoms with Crippen LogP contribution in [0.25, 0.3) is 0 Å². The molecular formula is C12H16Cl2N2O2. The van der Waals surface area contributed by atoms with Crippen molar-refractivity contribution in [2.45, 2.75) is 26.7 Å². The number of anilines is 1. The van der Waals surface area contributed by atoms with Crippen LogP contribution >= 0.6 is 23.2 Å². The van der Waals surface area contributed by atoms with E-state index in [0.29, 0.717) is 36.9 Å². The van der Waals surface area contributed by atoms with Gasteiger partial charge in [0.15, 0.2) is 5.15 Å². The van der Waals surface area contributed by atoms with Crippen LogP contribution in [0.15, 0.2) is 6.07 Å². The van der Waals surface area contributed by atoms with E-state index >= 15 is 0 Å². The van der Waals surface area contributed by atoms with E-state index in [2.05, 4.69) is 10.3 Å². The number of rotatable bonds is 6. The van der Waals surface area contributed by atoms with E-state index in [1.807, 2.05) is 13.8 Å². The van der Waals surface area contributed by atoms with Crippen LogP contribution in [0, 0.1) is 6.92 Å². The molecule has 0 bridgehead atoms. The van der Waals surface area contributed by atoms with Crippen molar-refractivity contribution >= 4 is 34.8 Å². The number of hydrogen-bond acceptors (Lipinski definition) is 3. The lowest BCUT2D eigenvalue weighted by Gasteiger charge is -2.10. The Kier molecular flexibility index (Phi) is 6.39. The van der Waals surface area contributed by atoms with E-state index in [4.69, 9.17) is 27.9 Å². The lowest BCUT2D eigenvalue weighted by Crippen LogP contribution is -2.14. The molecule has 0 aliphatic rings. The summed E-state index contributed by atoms with van der Waals surface area (Å²) in [5, 5.41) is 3.25. The molecular weight excluding hydrogens is 275 g/mol. The zero-order chi connectivity index (χ0) is 13.5. The molecule has 0 atom stereocenters. The molecule has 1 N–H and O–H groups in total. The molecule has 0 aliphatic carbocycles. The predicted octanol–water partition coefficient (Wildman–Crippen LogP) is 3.45. The number of nitrogens with zero attached hydrogens (tertiary/aromatic N) is 1. The molecule has 0 saturated heterocycles. The summed E-state index contributed by atoms with van der Waals surface area (Å²) in [7, 11) is 0. The summed E-state index contributed by atoms with van der Waals surface area (Å²) >= 11 is 11.7.